The smallest absolute Gasteiger partial charge is 0.240 e. The van der Waals surface area contributed by atoms with Crippen LogP contribution in [0.5, 0.6) is 0 Å². The Morgan fingerprint density at radius 2 is 2.10 bits per heavy atom. The third-order valence-electron chi connectivity index (χ3n) is 3.49. The Labute approximate surface area is 125 Å². The van der Waals surface area contributed by atoms with Gasteiger partial charge in [-0.3, -0.25) is 0 Å². The first-order valence-corrected chi connectivity index (χ1v) is 9.45. The van der Waals surface area contributed by atoms with Gasteiger partial charge in [0.05, 0.1) is 4.90 Å². The number of hydrogen-bond acceptors (Lipinski definition) is 4. The van der Waals surface area contributed by atoms with Crippen molar-refractivity contribution >= 4 is 27.5 Å². The molecule has 0 heterocycles. The fraction of sp³-hybridized carbons (Fsp3) is 0.571. The van der Waals surface area contributed by atoms with Crippen molar-refractivity contribution in [2.75, 3.05) is 11.5 Å². The Kier molecular flexibility index (Phi) is 4.99. The summed E-state index contributed by atoms with van der Waals surface area (Å²) in [5.74, 6) is 1.08. The largest absolute Gasteiger partial charge is 0.399 e. The maximum absolute atomic E-state index is 12.4. The molecule has 1 aliphatic carbocycles. The van der Waals surface area contributed by atoms with Gasteiger partial charge in [0.2, 0.25) is 10.0 Å². The van der Waals surface area contributed by atoms with Crippen LogP contribution in [0, 0.1) is 6.92 Å². The molecule has 20 heavy (non-hydrogen) atoms. The molecule has 1 aromatic rings. The van der Waals surface area contributed by atoms with Gasteiger partial charge < -0.3 is 5.73 Å². The van der Waals surface area contributed by atoms with Crippen LogP contribution in [0.1, 0.15) is 31.7 Å². The van der Waals surface area contributed by atoms with Gasteiger partial charge in [-0.1, -0.05) is 6.92 Å². The highest BCUT2D eigenvalue weighted by Gasteiger charge is 2.28. The van der Waals surface area contributed by atoms with Crippen molar-refractivity contribution in [1.82, 2.24) is 4.72 Å². The van der Waals surface area contributed by atoms with Crippen LogP contribution in [0.4, 0.5) is 5.69 Å². The van der Waals surface area contributed by atoms with E-state index in [1.807, 2.05) is 18.7 Å². The van der Waals surface area contributed by atoms with Gasteiger partial charge in [-0.15, -0.1) is 0 Å². The summed E-state index contributed by atoms with van der Waals surface area (Å²) in [6.07, 6.45) is 2.92. The van der Waals surface area contributed by atoms with Gasteiger partial charge in [-0.25, -0.2) is 13.1 Å². The second-order valence-electron chi connectivity index (χ2n) is 5.29. The van der Waals surface area contributed by atoms with Gasteiger partial charge in [-0.05, 0) is 55.7 Å². The number of nitrogens with one attached hydrogen (secondary N) is 1. The van der Waals surface area contributed by atoms with E-state index in [9.17, 15) is 8.42 Å². The summed E-state index contributed by atoms with van der Waals surface area (Å²) in [5.41, 5.74) is 7.07. The SMILES string of the molecule is CCSC1CCC(NS(=O)(=O)c2cc(C)cc(N)c2)C1. The first kappa shape index (κ1) is 15.7. The minimum Gasteiger partial charge on any atom is -0.399 e. The first-order chi connectivity index (χ1) is 9.40. The van der Waals surface area contributed by atoms with E-state index in [1.165, 1.54) is 6.07 Å². The number of aryl methyl sites for hydroxylation is 1. The number of rotatable bonds is 5. The summed E-state index contributed by atoms with van der Waals surface area (Å²) in [6, 6.07) is 4.99. The molecule has 2 unspecified atom stereocenters. The molecule has 112 valence electrons. The van der Waals surface area contributed by atoms with Crippen molar-refractivity contribution in [2.45, 2.75) is 49.3 Å². The van der Waals surface area contributed by atoms with Crippen LogP contribution in [0.15, 0.2) is 23.1 Å². The fourth-order valence-corrected chi connectivity index (χ4v) is 5.22. The first-order valence-electron chi connectivity index (χ1n) is 6.92. The van der Waals surface area contributed by atoms with Gasteiger partial charge in [0.1, 0.15) is 0 Å². The van der Waals surface area contributed by atoms with E-state index >= 15 is 0 Å². The van der Waals surface area contributed by atoms with Crippen LogP contribution in [0.3, 0.4) is 0 Å². The summed E-state index contributed by atoms with van der Waals surface area (Å²) < 4.78 is 27.6. The van der Waals surface area contributed by atoms with Crippen molar-refractivity contribution in [3.8, 4) is 0 Å². The molecule has 0 aromatic heterocycles. The lowest BCUT2D eigenvalue weighted by molar-refractivity contribution is 0.552. The highest BCUT2D eigenvalue weighted by molar-refractivity contribution is 7.99. The molecule has 0 radical (unpaired) electrons. The third-order valence-corrected chi connectivity index (χ3v) is 6.23. The number of benzene rings is 1. The van der Waals surface area contributed by atoms with Crippen LogP contribution >= 0.6 is 11.8 Å². The molecule has 6 heteroatoms. The lowest BCUT2D eigenvalue weighted by Crippen LogP contribution is -2.33. The third kappa shape index (κ3) is 3.90. The summed E-state index contributed by atoms with van der Waals surface area (Å²) in [4.78, 5) is 0.265. The van der Waals surface area contributed by atoms with Crippen molar-refractivity contribution < 1.29 is 8.42 Å². The average Bonchev–Trinajstić information content (AvgIpc) is 2.75. The maximum atomic E-state index is 12.4. The molecule has 0 amide bonds. The monoisotopic (exact) mass is 314 g/mol. The molecule has 4 nitrogen and oxygen atoms in total. The molecule has 1 fully saturated rings. The zero-order valence-corrected chi connectivity index (χ0v) is 13.6. The van der Waals surface area contributed by atoms with Gasteiger partial charge in [0.25, 0.3) is 0 Å². The standard InChI is InChI=1S/C14H22N2O2S2/c1-3-19-13-5-4-12(9-13)16-20(17,18)14-7-10(2)6-11(15)8-14/h6-8,12-13,16H,3-5,9,15H2,1-2H3. The lowest BCUT2D eigenvalue weighted by atomic mass is 10.2. The molecule has 2 rings (SSSR count). The van der Waals surface area contributed by atoms with Crippen molar-refractivity contribution in [3.05, 3.63) is 23.8 Å². The zero-order valence-electron chi connectivity index (χ0n) is 11.9. The van der Waals surface area contributed by atoms with Crippen molar-refractivity contribution in [2.24, 2.45) is 0 Å². The molecule has 1 aromatic carbocycles. The Morgan fingerprint density at radius 3 is 2.75 bits per heavy atom. The minimum atomic E-state index is -3.47. The summed E-state index contributed by atoms with van der Waals surface area (Å²) in [6.45, 7) is 3.98. The van der Waals surface area contributed by atoms with E-state index in [-0.39, 0.29) is 10.9 Å². The summed E-state index contributed by atoms with van der Waals surface area (Å²) >= 11 is 1.91. The van der Waals surface area contributed by atoms with Gasteiger partial charge in [0, 0.05) is 17.0 Å². The molecule has 1 saturated carbocycles. The second-order valence-corrected chi connectivity index (χ2v) is 8.58. The van der Waals surface area contributed by atoms with Crippen LogP contribution in [-0.4, -0.2) is 25.5 Å². The number of nitrogen functional groups attached to an aromatic ring is 1. The molecule has 1 aliphatic rings. The van der Waals surface area contributed by atoms with E-state index < -0.39 is 10.0 Å². The molecular formula is C14H22N2O2S2. The summed E-state index contributed by atoms with van der Waals surface area (Å²) in [7, 11) is -3.47. The highest BCUT2D eigenvalue weighted by atomic mass is 32.2. The molecule has 3 N–H and O–H groups in total. The van der Waals surface area contributed by atoms with Crippen LogP contribution in [0.25, 0.3) is 0 Å². The highest BCUT2D eigenvalue weighted by Crippen LogP contribution is 2.30. The number of nitrogens with two attached hydrogens (primary N) is 1. The second kappa shape index (κ2) is 6.37. The normalized spacial score (nSPS) is 23.1. The number of anilines is 1. The van der Waals surface area contributed by atoms with Crippen LogP contribution in [-0.2, 0) is 10.0 Å². The van der Waals surface area contributed by atoms with Gasteiger partial charge in [-0.2, -0.15) is 11.8 Å². The molecule has 2 atom stereocenters. The molecule has 0 bridgehead atoms. The van der Waals surface area contributed by atoms with E-state index in [4.69, 9.17) is 5.73 Å². The minimum absolute atomic E-state index is 0.0470. The zero-order chi connectivity index (χ0) is 14.8. The quantitative estimate of drug-likeness (QED) is 0.819. The molecule has 0 spiro atoms. The number of hydrogen-bond donors (Lipinski definition) is 2. The molecule has 0 saturated heterocycles. The van der Waals surface area contributed by atoms with E-state index in [0.29, 0.717) is 10.9 Å². The Hall–Kier alpha value is -0.720. The van der Waals surface area contributed by atoms with Crippen LogP contribution < -0.4 is 10.5 Å². The molecular weight excluding hydrogens is 292 g/mol. The number of sulfonamides is 1. The Balaban J connectivity index is 2.08. The predicted molar refractivity (Wildman–Crippen MR) is 85.5 cm³/mol. The number of thioether (sulfide) groups is 1. The average molecular weight is 314 g/mol. The van der Waals surface area contributed by atoms with Crippen molar-refractivity contribution in [3.63, 3.8) is 0 Å². The van der Waals surface area contributed by atoms with E-state index in [0.717, 1.165) is 30.6 Å². The van der Waals surface area contributed by atoms with E-state index in [1.54, 1.807) is 12.1 Å². The van der Waals surface area contributed by atoms with Crippen molar-refractivity contribution in [1.29, 1.82) is 0 Å². The summed E-state index contributed by atoms with van der Waals surface area (Å²) in [5, 5.41) is 0.579. The lowest BCUT2D eigenvalue weighted by Gasteiger charge is -2.14. The Bertz CT molecular complexity index is 552. The Morgan fingerprint density at radius 1 is 1.35 bits per heavy atom. The topological polar surface area (TPSA) is 72.2 Å². The van der Waals surface area contributed by atoms with Gasteiger partial charge >= 0.3 is 0 Å². The predicted octanol–water partition coefficient (Wildman–Crippen LogP) is 2.53. The maximum Gasteiger partial charge on any atom is 0.240 e. The van der Waals surface area contributed by atoms with Gasteiger partial charge in [0.15, 0.2) is 0 Å². The fourth-order valence-electron chi connectivity index (χ4n) is 2.65. The van der Waals surface area contributed by atoms with E-state index in [2.05, 4.69) is 11.6 Å². The van der Waals surface area contributed by atoms with Crippen LogP contribution in [0.2, 0.25) is 0 Å². The molecule has 0 aliphatic heterocycles.